The van der Waals surface area contributed by atoms with Crippen LogP contribution >= 0.6 is 0 Å². The predicted molar refractivity (Wildman–Crippen MR) is 88.0 cm³/mol. The van der Waals surface area contributed by atoms with Gasteiger partial charge in [-0.1, -0.05) is 19.9 Å². The van der Waals surface area contributed by atoms with Crippen molar-refractivity contribution in [2.45, 2.75) is 40.0 Å². The van der Waals surface area contributed by atoms with Crippen LogP contribution < -0.4 is 10.6 Å². The molecule has 0 aromatic heterocycles. The van der Waals surface area contributed by atoms with Gasteiger partial charge in [-0.2, -0.15) is 0 Å². The number of carbonyl (C=O) groups excluding carboxylic acids is 1. The second-order valence-corrected chi connectivity index (χ2v) is 5.20. The van der Waals surface area contributed by atoms with E-state index in [9.17, 15) is 4.79 Å². The van der Waals surface area contributed by atoms with Crippen LogP contribution in [0.2, 0.25) is 0 Å². The van der Waals surface area contributed by atoms with E-state index < -0.39 is 0 Å². The first kappa shape index (κ1) is 17.5. The monoisotopic (exact) mass is 292 g/mol. The average molecular weight is 292 g/mol. The molecule has 1 rings (SSSR count). The Morgan fingerprint density at radius 3 is 2.67 bits per heavy atom. The van der Waals surface area contributed by atoms with E-state index >= 15 is 0 Å². The van der Waals surface area contributed by atoms with Crippen molar-refractivity contribution in [2.24, 2.45) is 0 Å². The molecule has 4 heteroatoms. The quantitative estimate of drug-likeness (QED) is 0.650. The van der Waals surface area contributed by atoms with E-state index in [2.05, 4.69) is 24.5 Å². The number of ether oxygens (including phenoxy) is 1. The Morgan fingerprint density at radius 1 is 1.14 bits per heavy atom. The van der Waals surface area contributed by atoms with Gasteiger partial charge in [0.05, 0.1) is 5.56 Å². The Hall–Kier alpha value is -1.55. The molecule has 0 aliphatic carbocycles. The molecule has 2 N–H and O–H groups in total. The molecule has 0 saturated carbocycles. The van der Waals surface area contributed by atoms with Crippen molar-refractivity contribution in [3.05, 3.63) is 29.3 Å². The van der Waals surface area contributed by atoms with Crippen molar-refractivity contribution in [3.8, 4) is 0 Å². The molecule has 1 aromatic rings. The highest BCUT2D eigenvalue weighted by molar-refractivity contribution is 5.99. The summed E-state index contributed by atoms with van der Waals surface area (Å²) in [5, 5.41) is 6.27. The van der Waals surface area contributed by atoms with Gasteiger partial charge < -0.3 is 15.4 Å². The summed E-state index contributed by atoms with van der Waals surface area (Å²) in [6.45, 7) is 9.23. The van der Waals surface area contributed by atoms with E-state index in [1.54, 1.807) is 0 Å². The summed E-state index contributed by atoms with van der Waals surface area (Å²) < 4.78 is 5.40. The highest BCUT2D eigenvalue weighted by Crippen LogP contribution is 2.17. The predicted octanol–water partition coefficient (Wildman–Crippen LogP) is 3.36. The molecule has 1 aromatic carbocycles. The van der Waals surface area contributed by atoms with E-state index in [1.807, 2.05) is 25.1 Å². The molecule has 0 spiro atoms. The lowest BCUT2D eigenvalue weighted by atomic mass is 10.1. The first-order chi connectivity index (χ1) is 10.2. The minimum Gasteiger partial charge on any atom is -0.384 e. The summed E-state index contributed by atoms with van der Waals surface area (Å²) >= 11 is 0. The summed E-state index contributed by atoms with van der Waals surface area (Å²) in [6, 6.07) is 5.88. The van der Waals surface area contributed by atoms with Crippen LogP contribution in [-0.4, -0.2) is 32.2 Å². The van der Waals surface area contributed by atoms with Crippen molar-refractivity contribution in [1.29, 1.82) is 0 Å². The minimum absolute atomic E-state index is 0.0240. The molecule has 0 saturated heterocycles. The molecule has 1 amide bonds. The molecule has 0 aliphatic rings. The van der Waals surface area contributed by atoms with Gasteiger partial charge >= 0.3 is 0 Å². The molecule has 0 unspecified atom stereocenters. The standard InChI is InChI=1S/C17H28N2O2/c1-4-9-18-16-13-14(3)7-8-15(16)17(20)19-10-6-12-21-11-5-2/h7-8,13,18H,4-6,9-12H2,1-3H3,(H,19,20). The second kappa shape index (κ2) is 10.2. The Labute approximate surface area is 128 Å². The number of nitrogens with one attached hydrogen (secondary N) is 2. The van der Waals surface area contributed by atoms with E-state index in [1.165, 1.54) is 0 Å². The molecule has 21 heavy (non-hydrogen) atoms. The Morgan fingerprint density at radius 2 is 1.95 bits per heavy atom. The summed E-state index contributed by atoms with van der Waals surface area (Å²) in [7, 11) is 0. The average Bonchev–Trinajstić information content (AvgIpc) is 2.48. The van der Waals surface area contributed by atoms with E-state index in [-0.39, 0.29) is 5.91 Å². The largest absolute Gasteiger partial charge is 0.384 e. The first-order valence-electron chi connectivity index (χ1n) is 7.89. The number of benzene rings is 1. The summed E-state index contributed by atoms with van der Waals surface area (Å²) in [6.07, 6.45) is 2.90. The minimum atomic E-state index is -0.0240. The zero-order chi connectivity index (χ0) is 15.5. The van der Waals surface area contributed by atoms with Crippen LogP contribution in [-0.2, 0) is 4.74 Å². The fourth-order valence-electron chi connectivity index (χ4n) is 1.98. The van der Waals surface area contributed by atoms with Crippen LogP contribution in [0.5, 0.6) is 0 Å². The number of anilines is 1. The lowest BCUT2D eigenvalue weighted by Gasteiger charge is -2.13. The van der Waals surface area contributed by atoms with Gasteiger partial charge in [-0.3, -0.25) is 4.79 Å². The number of aryl methyl sites for hydroxylation is 1. The lowest BCUT2D eigenvalue weighted by molar-refractivity contribution is 0.0942. The number of hydrogen-bond donors (Lipinski definition) is 2. The fraction of sp³-hybridized carbons (Fsp3) is 0.588. The summed E-state index contributed by atoms with van der Waals surface area (Å²) in [5.41, 5.74) is 2.78. The molecule has 0 aliphatic heterocycles. The Kier molecular flexibility index (Phi) is 8.51. The van der Waals surface area contributed by atoms with Crippen molar-refractivity contribution in [1.82, 2.24) is 5.32 Å². The zero-order valence-corrected chi connectivity index (χ0v) is 13.5. The Bertz CT molecular complexity index is 433. The SMILES string of the molecule is CCCNc1cc(C)ccc1C(=O)NCCCOCCC. The number of carbonyl (C=O) groups is 1. The van der Waals surface area contributed by atoms with Crippen LogP contribution in [0.1, 0.15) is 49.0 Å². The third kappa shape index (κ3) is 6.63. The maximum atomic E-state index is 12.2. The molecule has 4 nitrogen and oxygen atoms in total. The molecule has 0 heterocycles. The van der Waals surface area contributed by atoms with Gasteiger partial charge in [0.1, 0.15) is 0 Å². The molecule has 0 atom stereocenters. The van der Waals surface area contributed by atoms with Crippen LogP contribution in [0, 0.1) is 6.92 Å². The zero-order valence-electron chi connectivity index (χ0n) is 13.5. The highest BCUT2D eigenvalue weighted by atomic mass is 16.5. The van der Waals surface area contributed by atoms with Crippen molar-refractivity contribution in [2.75, 3.05) is 31.6 Å². The third-order valence-corrected chi connectivity index (χ3v) is 3.08. The van der Waals surface area contributed by atoms with Crippen molar-refractivity contribution >= 4 is 11.6 Å². The van der Waals surface area contributed by atoms with Gasteiger partial charge in [0.2, 0.25) is 0 Å². The van der Waals surface area contributed by atoms with Crippen molar-refractivity contribution in [3.63, 3.8) is 0 Å². The highest BCUT2D eigenvalue weighted by Gasteiger charge is 2.10. The first-order valence-corrected chi connectivity index (χ1v) is 7.89. The smallest absolute Gasteiger partial charge is 0.253 e. The molecular formula is C17H28N2O2. The van der Waals surface area contributed by atoms with Crippen LogP contribution in [0.25, 0.3) is 0 Å². The van der Waals surface area contributed by atoms with Gasteiger partial charge in [-0.05, 0) is 43.9 Å². The van der Waals surface area contributed by atoms with E-state index in [4.69, 9.17) is 4.74 Å². The molecule has 0 radical (unpaired) electrons. The summed E-state index contributed by atoms with van der Waals surface area (Å²) in [4.78, 5) is 12.2. The lowest BCUT2D eigenvalue weighted by Crippen LogP contribution is -2.26. The maximum absolute atomic E-state index is 12.2. The van der Waals surface area contributed by atoms with Gasteiger partial charge in [-0.25, -0.2) is 0 Å². The van der Waals surface area contributed by atoms with Crippen LogP contribution in [0.3, 0.4) is 0 Å². The summed E-state index contributed by atoms with van der Waals surface area (Å²) in [5.74, 6) is -0.0240. The van der Waals surface area contributed by atoms with Gasteiger partial charge in [-0.15, -0.1) is 0 Å². The van der Waals surface area contributed by atoms with Crippen LogP contribution in [0.4, 0.5) is 5.69 Å². The van der Waals surface area contributed by atoms with Crippen molar-refractivity contribution < 1.29 is 9.53 Å². The molecule has 118 valence electrons. The fourth-order valence-corrected chi connectivity index (χ4v) is 1.98. The third-order valence-electron chi connectivity index (χ3n) is 3.08. The second-order valence-electron chi connectivity index (χ2n) is 5.20. The van der Waals surface area contributed by atoms with Gasteiger partial charge in [0, 0.05) is 32.0 Å². The molecular weight excluding hydrogens is 264 g/mol. The maximum Gasteiger partial charge on any atom is 0.253 e. The normalized spacial score (nSPS) is 10.4. The Balaban J connectivity index is 2.48. The number of hydrogen-bond acceptors (Lipinski definition) is 3. The topological polar surface area (TPSA) is 50.4 Å². The van der Waals surface area contributed by atoms with Gasteiger partial charge in [0.25, 0.3) is 5.91 Å². The van der Waals surface area contributed by atoms with E-state index in [0.717, 1.165) is 43.7 Å². The number of rotatable bonds is 10. The molecule has 0 bridgehead atoms. The molecule has 0 fully saturated rings. The van der Waals surface area contributed by atoms with Crippen LogP contribution in [0.15, 0.2) is 18.2 Å². The van der Waals surface area contributed by atoms with Gasteiger partial charge in [0.15, 0.2) is 0 Å². The van der Waals surface area contributed by atoms with E-state index in [0.29, 0.717) is 18.7 Å². The number of amides is 1.